The summed E-state index contributed by atoms with van der Waals surface area (Å²) in [6.07, 6.45) is 7.44. The van der Waals surface area contributed by atoms with Crippen molar-refractivity contribution in [1.82, 2.24) is 0 Å². The first-order valence-electron chi connectivity index (χ1n) is 7.96. The normalized spacial score (nSPS) is 21.1. The number of methoxy groups -OCH3 is 1. The fourth-order valence-electron chi connectivity index (χ4n) is 2.55. The summed E-state index contributed by atoms with van der Waals surface area (Å²) in [6, 6.07) is 6.83. The van der Waals surface area contributed by atoms with Gasteiger partial charge in [0.05, 0.1) is 7.11 Å². The Morgan fingerprint density at radius 2 is 2.04 bits per heavy atom. The van der Waals surface area contributed by atoms with E-state index in [1.807, 2.05) is 6.92 Å². The summed E-state index contributed by atoms with van der Waals surface area (Å²) in [5, 5.41) is 10.6. The average Bonchev–Trinajstić information content (AvgIpc) is 2.83. The van der Waals surface area contributed by atoms with Crippen LogP contribution in [0.3, 0.4) is 0 Å². The van der Waals surface area contributed by atoms with Crippen LogP contribution in [0.1, 0.15) is 45.1 Å². The predicted molar refractivity (Wildman–Crippen MR) is 89.0 cm³/mol. The zero-order valence-corrected chi connectivity index (χ0v) is 14.0. The molecule has 124 valence electrons. The van der Waals surface area contributed by atoms with E-state index >= 15 is 0 Å². The average molecular weight is 316 g/mol. The third kappa shape index (κ3) is 4.23. The molecule has 1 aromatic carbocycles. The molecule has 1 N–H and O–H groups in total. The molecule has 1 unspecified atom stereocenters. The molecular weight excluding hydrogens is 292 g/mol. The highest BCUT2D eigenvalue weighted by Crippen LogP contribution is 2.35. The monoisotopic (exact) mass is 316 g/mol. The lowest BCUT2D eigenvalue weighted by atomic mass is 10.0. The largest absolute Gasteiger partial charge is 0.497 e. The summed E-state index contributed by atoms with van der Waals surface area (Å²) in [6.45, 7) is 4.14. The summed E-state index contributed by atoms with van der Waals surface area (Å²) in [5.74, 6) is -1.48. The predicted octanol–water partition coefficient (Wildman–Crippen LogP) is 3.85. The van der Waals surface area contributed by atoms with Gasteiger partial charge in [0.15, 0.2) is 0 Å². The van der Waals surface area contributed by atoms with E-state index in [0.29, 0.717) is 23.3 Å². The minimum Gasteiger partial charge on any atom is -0.497 e. The third-order valence-electron chi connectivity index (χ3n) is 3.90. The van der Waals surface area contributed by atoms with Crippen molar-refractivity contribution in [1.29, 1.82) is 0 Å². The number of carbonyl (C=O) groups is 1. The molecule has 0 aromatic heterocycles. The molecule has 4 heteroatoms. The van der Waals surface area contributed by atoms with Gasteiger partial charge < -0.3 is 14.6 Å². The van der Waals surface area contributed by atoms with Gasteiger partial charge in [-0.3, -0.25) is 0 Å². The topological polar surface area (TPSA) is 55.8 Å². The third-order valence-corrected chi connectivity index (χ3v) is 3.90. The maximum atomic E-state index is 12.0. The number of rotatable bonds is 7. The van der Waals surface area contributed by atoms with Crippen LogP contribution in [0.5, 0.6) is 5.75 Å². The van der Waals surface area contributed by atoms with E-state index in [1.165, 1.54) is 6.08 Å². The molecular formula is C19H24O4. The van der Waals surface area contributed by atoms with E-state index in [-0.39, 0.29) is 0 Å². The van der Waals surface area contributed by atoms with Gasteiger partial charge in [0.2, 0.25) is 0 Å². The molecule has 1 aliphatic heterocycles. The lowest BCUT2D eigenvalue weighted by Crippen LogP contribution is -2.24. The van der Waals surface area contributed by atoms with Crippen LogP contribution in [0.25, 0.3) is 0 Å². The van der Waals surface area contributed by atoms with Crippen molar-refractivity contribution in [2.45, 2.75) is 45.3 Å². The second-order valence-corrected chi connectivity index (χ2v) is 5.85. The molecule has 0 spiro atoms. The summed E-state index contributed by atoms with van der Waals surface area (Å²) >= 11 is 0. The number of allylic oxidation sites excluding steroid dienone is 2. The Labute approximate surface area is 137 Å². The maximum absolute atomic E-state index is 12.0. The SMILES string of the molecule is CCCCC=C(C)CC1=CC(O)(c2ccc(OC)cc2)OC1=O. The number of benzene rings is 1. The molecule has 0 saturated carbocycles. The Morgan fingerprint density at radius 1 is 1.35 bits per heavy atom. The molecule has 1 aromatic rings. The van der Waals surface area contributed by atoms with Crippen molar-refractivity contribution >= 4 is 5.97 Å². The van der Waals surface area contributed by atoms with Crippen molar-refractivity contribution in [3.05, 3.63) is 53.1 Å². The summed E-state index contributed by atoms with van der Waals surface area (Å²) < 4.78 is 10.3. The highest BCUT2D eigenvalue weighted by atomic mass is 16.7. The number of unbranched alkanes of at least 4 members (excludes halogenated alkanes) is 2. The van der Waals surface area contributed by atoms with Gasteiger partial charge in [-0.25, -0.2) is 4.79 Å². The Kier molecular flexibility index (Phi) is 5.61. The first-order valence-corrected chi connectivity index (χ1v) is 7.96. The second kappa shape index (κ2) is 7.47. The van der Waals surface area contributed by atoms with Crippen molar-refractivity contribution < 1.29 is 19.4 Å². The van der Waals surface area contributed by atoms with Gasteiger partial charge in [0.25, 0.3) is 5.79 Å². The summed E-state index contributed by atoms with van der Waals surface area (Å²) in [7, 11) is 1.57. The minimum absolute atomic E-state index is 0.466. The van der Waals surface area contributed by atoms with Crippen LogP contribution in [0.15, 0.2) is 47.6 Å². The first-order chi connectivity index (χ1) is 11.0. The molecule has 0 radical (unpaired) electrons. The smallest absolute Gasteiger partial charge is 0.337 e. The van der Waals surface area contributed by atoms with Crippen LogP contribution in [-0.2, 0) is 15.3 Å². The van der Waals surface area contributed by atoms with Crippen molar-refractivity contribution in [2.24, 2.45) is 0 Å². The molecule has 1 atom stereocenters. The first kappa shape index (κ1) is 17.3. The van der Waals surface area contributed by atoms with Gasteiger partial charge in [0, 0.05) is 23.6 Å². The standard InChI is InChI=1S/C19H24O4/c1-4-5-6-7-14(2)12-15-13-19(21,23-18(15)20)16-8-10-17(22-3)11-9-16/h7-11,13,21H,4-6,12H2,1-3H3. The molecule has 23 heavy (non-hydrogen) atoms. The van der Waals surface area contributed by atoms with Crippen LogP contribution in [0.2, 0.25) is 0 Å². The number of cyclic esters (lactones) is 1. The van der Waals surface area contributed by atoms with Crippen LogP contribution < -0.4 is 4.74 Å². The second-order valence-electron chi connectivity index (χ2n) is 5.85. The van der Waals surface area contributed by atoms with Crippen LogP contribution in [-0.4, -0.2) is 18.2 Å². The van der Waals surface area contributed by atoms with E-state index in [0.717, 1.165) is 24.8 Å². The van der Waals surface area contributed by atoms with Gasteiger partial charge in [-0.2, -0.15) is 0 Å². The molecule has 1 heterocycles. The highest BCUT2D eigenvalue weighted by Gasteiger charge is 2.39. The fourth-order valence-corrected chi connectivity index (χ4v) is 2.55. The molecule has 0 saturated heterocycles. The molecule has 0 fully saturated rings. The van der Waals surface area contributed by atoms with Crippen molar-refractivity contribution in [2.75, 3.05) is 7.11 Å². The molecule has 4 nitrogen and oxygen atoms in total. The number of ether oxygens (including phenoxy) is 2. The molecule has 2 rings (SSSR count). The van der Waals surface area contributed by atoms with E-state index in [4.69, 9.17) is 9.47 Å². The Bertz CT molecular complexity index is 613. The summed E-state index contributed by atoms with van der Waals surface area (Å²) in [4.78, 5) is 12.0. The van der Waals surface area contributed by atoms with Crippen molar-refractivity contribution in [3.63, 3.8) is 0 Å². The molecule has 0 amide bonds. The number of esters is 1. The van der Waals surface area contributed by atoms with E-state index in [1.54, 1.807) is 31.4 Å². The van der Waals surface area contributed by atoms with E-state index in [2.05, 4.69) is 13.0 Å². The number of aliphatic hydroxyl groups is 1. The van der Waals surface area contributed by atoms with Crippen LogP contribution in [0.4, 0.5) is 0 Å². The zero-order chi connectivity index (χ0) is 16.9. The molecule has 1 aliphatic rings. The fraction of sp³-hybridized carbons (Fsp3) is 0.421. The van der Waals surface area contributed by atoms with E-state index in [9.17, 15) is 9.90 Å². The van der Waals surface area contributed by atoms with E-state index < -0.39 is 11.8 Å². The summed E-state index contributed by atoms with van der Waals surface area (Å²) in [5.41, 5.74) is 2.11. The quantitative estimate of drug-likeness (QED) is 0.471. The Hall–Kier alpha value is -2.07. The number of carbonyl (C=O) groups excluding carboxylic acids is 1. The van der Waals surface area contributed by atoms with Crippen molar-refractivity contribution in [3.8, 4) is 5.75 Å². The molecule has 0 aliphatic carbocycles. The van der Waals surface area contributed by atoms with Gasteiger partial charge >= 0.3 is 5.97 Å². The van der Waals surface area contributed by atoms with Gasteiger partial charge in [0.1, 0.15) is 5.75 Å². The zero-order valence-electron chi connectivity index (χ0n) is 14.0. The minimum atomic E-state index is -1.69. The van der Waals surface area contributed by atoms with Gasteiger partial charge in [-0.1, -0.05) is 31.4 Å². The number of hydrogen-bond donors (Lipinski definition) is 1. The maximum Gasteiger partial charge on any atom is 0.337 e. The lowest BCUT2D eigenvalue weighted by molar-refractivity contribution is -0.182. The molecule has 0 bridgehead atoms. The van der Waals surface area contributed by atoms with Crippen LogP contribution in [0, 0.1) is 0 Å². The highest BCUT2D eigenvalue weighted by molar-refractivity contribution is 5.92. The van der Waals surface area contributed by atoms with Crippen LogP contribution >= 0.6 is 0 Å². The van der Waals surface area contributed by atoms with Gasteiger partial charge in [-0.05, 0) is 37.6 Å². The Morgan fingerprint density at radius 3 is 2.65 bits per heavy atom. The number of hydrogen-bond acceptors (Lipinski definition) is 4. The Balaban J connectivity index is 2.14. The lowest BCUT2D eigenvalue weighted by Gasteiger charge is -2.19. The van der Waals surface area contributed by atoms with Gasteiger partial charge in [-0.15, -0.1) is 0 Å².